The van der Waals surface area contributed by atoms with Gasteiger partial charge in [0.15, 0.2) is 0 Å². The molecule has 0 saturated carbocycles. The van der Waals surface area contributed by atoms with Crippen molar-refractivity contribution in [2.24, 2.45) is 11.1 Å². The number of nitrogens with two attached hydrogens (primary N) is 1. The Morgan fingerprint density at radius 3 is 2.47 bits per heavy atom. The van der Waals surface area contributed by atoms with Crippen molar-refractivity contribution in [3.63, 3.8) is 0 Å². The van der Waals surface area contributed by atoms with E-state index in [2.05, 4.69) is 53.9 Å². The maximum absolute atomic E-state index is 5.76. The first-order valence-corrected chi connectivity index (χ1v) is 6.88. The molecular weight excluding hydrogens is 328 g/mol. The molecule has 1 aromatic carbocycles. The molecule has 0 fully saturated rings. The third-order valence-electron chi connectivity index (χ3n) is 2.92. The number of hydrogen-bond donors (Lipinski definition) is 1. The summed E-state index contributed by atoms with van der Waals surface area (Å²) in [6, 6.07) is 6.18. The third-order valence-corrected chi connectivity index (χ3v) is 3.54. The number of rotatable bonds is 6. The second kappa shape index (κ2) is 8.10. The lowest BCUT2D eigenvalue weighted by Crippen LogP contribution is -2.36. The Morgan fingerprint density at radius 2 is 2.00 bits per heavy atom. The zero-order chi connectivity index (χ0) is 13.8. The van der Waals surface area contributed by atoms with Crippen LogP contribution in [0.1, 0.15) is 19.4 Å². The lowest BCUT2D eigenvalue weighted by molar-refractivity contribution is 0.210. The van der Waals surface area contributed by atoms with Crippen LogP contribution in [0.15, 0.2) is 22.7 Å². The standard InChI is InChI=1S/C14H23BrN2O.ClH/c1-14(2,9-16)10-17(3)8-11-5-6-13(18-4)12(15)7-11;/h5-7H,8-10,16H2,1-4H3;1H. The first kappa shape index (κ1) is 18.7. The van der Waals surface area contributed by atoms with E-state index in [-0.39, 0.29) is 17.8 Å². The summed E-state index contributed by atoms with van der Waals surface area (Å²) in [7, 11) is 3.80. The molecule has 0 atom stereocenters. The van der Waals surface area contributed by atoms with Crippen LogP contribution in [-0.2, 0) is 6.54 Å². The van der Waals surface area contributed by atoms with E-state index in [4.69, 9.17) is 10.5 Å². The highest BCUT2D eigenvalue weighted by Crippen LogP contribution is 2.26. The van der Waals surface area contributed by atoms with Crippen LogP contribution in [0.4, 0.5) is 0 Å². The molecule has 0 aliphatic carbocycles. The molecule has 0 radical (unpaired) electrons. The maximum Gasteiger partial charge on any atom is 0.133 e. The Bertz CT molecular complexity index is 399. The van der Waals surface area contributed by atoms with Gasteiger partial charge in [-0.1, -0.05) is 19.9 Å². The maximum atomic E-state index is 5.76. The van der Waals surface area contributed by atoms with Crippen LogP contribution in [0.5, 0.6) is 5.75 Å². The van der Waals surface area contributed by atoms with E-state index in [9.17, 15) is 0 Å². The zero-order valence-corrected chi connectivity index (χ0v) is 14.5. The van der Waals surface area contributed by atoms with E-state index in [0.717, 1.165) is 23.3 Å². The number of ether oxygens (including phenoxy) is 1. The Balaban J connectivity index is 0.00000324. The van der Waals surface area contributed by atoms with Crippen LogP contribution in [-0.4, -0.2) is 32.1 Å². The van der Waals surface area contributed by atoms with Gasteiger partial charge in [-0.25, -0.2) is 0 Å². The SMILES string of the molecule is COc1ccc(CN(C)CC(C)(C)CN)cc1Br.Cl. The predicted octanol–water partition coefficient (Wildman–Crippen LogP) is 3.30. The molecule has 0 bridgehead atoms. The topological polar surface area (TPSA) is 38.5 Å². The molecule has 0 saturated heterocycles. The van der Waals surface area contributed by atoms with Crippen LogP contribution >= 0.6 is 28.3 Å². The number of benzene rings is 1. The summed E-state index contributed by atoms with van der Waals surface area (Å²) in [6.45, 7) is 6.96. The number of hydrogen-bond acceptors (Lipinski definition) is 3. The quantitative estimate of drug-likeness (QED) is 0.854. The largest absolute Gasteiger partial charge is 0.496 e. The summed E-state index contributed by atoms with van der Waals surface area (Å²) in [5, 5.41) is 0. The molecule has 0 aromatic heterocycles. The molecule has 0 aliphatic rings. The Hall–Kier alpha value is -0.290. The van der Waals surface area contributed by atoms with Crippen LogP contribution in [0, 0.1) is 5.41 Å². The molecule has 3 nitrogen and oxygen atoms in total. The van der Waals surface area contributed by atoms with E-state index in [1.807, 2.05) is 6.07 Å². The molecule has 2 N–H and O–H groups in total. The van der Waals surface area contributed by atoms with Gasteiger partial charge in [0, 0.05) is 13.1 Å². The second-order valence-corrected chi connectivity index (χ2v) is 6.36. The van der Waals surface area contributed by atoms with Gasteiger partial charge in [-0.05, 0) is 52.6 Å². The number of nitrogens with zero attached hydrogens (tertiary/aromatic N) is 1. The van der Waals surface area contributed by atoms with Gasteiger partial charge >= 0.3 is 0 Å². The molecule has 1 aromatic rings. The van der Waals surface area contributed by atoms with Crippen molar-refractivity contribution in [3.8, 4) is 5.75 Å². The fourth-order valence-electron chi connectivity index (χ4n) is 1.97. The Labute approximate surface area is 131 Å². The van der Waals surface area contributed by atoms with Gasteiger partial charge in [0.1, 0.15) is 5.75 Å². The fraction of sp³-hybridized carbons (Fsp3) is 0.571. The van der Waals surface area contributed by atoms with Crippen molar-refractivity contribution >= 4 is 28.3 Å². The van der Waals surface area contributed by atoms with Crippen molar-refractivity contribution in [2.45, 2.75) is 20.4 Å². The van der Waals surface area contributed by atoms with E-state index in [0.29, 0.717) is 6.54 Å². The normalized spacial score (nSPS) is 11.3. The van der Waals surface area contributed by atoms with E-state index in [1.54, 1.807) is 7.11 Å². The lowest BCUT2D eigenvalue weighted by Gasteiger charge is -2.29. The summed E-state index contributed by atoms with van der Waals surface area (Å²) in [5.74, 6) is 0.865. The van der Waals surface area contributed by atoms with Crippen LogP contribution in [0.25, 0.3) is 0 Å². The summed E-state index contributed by atoms with van der Waals surface area (Å²) in [5.41, 5.74) is 7.17. The Morgan fingerprint density at radius 1 is 1.37 bits per heavy atom. The third kappa shape index (κ3) is 6.13. The smallest absolute Gasteiger partial charge is 0.133 e. The van der Waals surface area contributed by atoms with Gasteiger partial charge in [-0.15, -0.1) is 12.4 Å². The zero-order valence-electron chi connectivity index (χ0n) is 12.1. The molecule has 5 heteroatoms. The Kier molecular flexibility index (Phi) is 7.98. The van der Waals surface area contributed by atoms with Crippen molar-refractivity contribution in [1.29, 1.82) is 0 Å². The molecule has 110 valence electrons. The molecule has 0 unspecified atom stereocenters. The van der Waals surface area contributed by atoms with Gasteiger partial charge in [0.25, 0.3) is 0 Å². The summed E-state index contributed by atoms with van der Waals surface area (Å²) < 4.78 is 6.22. The number of halogens is 2. The van der Waals surface area contributed by atoms with Gasteiger partial charge in [0.2, 0.25) is 0 Å². The van der Waals surface area contributed by atoms with Gasteiger partial charge in [-0.2, -0.15) is 0 Å². The van der Waals surface area contributed by atoms with Crippen LogP contribution in [0.3, 0.4) is 0 Å². The first-order valence-electron chi connectivity index (χ1n) is 6.09. The highest BCUT2D eigenvalue weighted by molar-refractivity contribution is 9.10. The summed E-state index contributed by atoms with van der Waals surface area (Å²) in [6.07, 6.45) is 0. The average molecular weight is 352 g/mol. The monoisotopic (exact) mass is 350 g/mol. The van der Waals surface area contributed by atoms with Crippen molar-refractivity contribution in [2.75, 3.05) is 27.2 Å². The van der Waals surface area contributed by atoms with Crippen molar-refractivity contribution in [3.05, 3.63) is 28.2 Å². The average Bonchev–Trinajstić information content (AvgIpc) is 2.28. The summed E-state index contributed by atoms with van der Waals surface area (Å²) >= 11 is 3.51. The first-order chi connectivity index (χ1) is 8.38. The molecule has 19 heavy (non-hydrogen) atoms. The lowest BCUT2D eigenvalue weighted by atomic mass is 9.93. The highest BCUT2D eigenvalue weighted by atomic mass is 79.9. The highest BCUT2D eigenvalue weighted by Gasteiger charge is 2.18. The molecule has 1 rings (SSSR count). The van der Waals surface area contributed by atoms with Gasteiger partial charge < -0.3 is 15.4 Å². The van der Waals surface area contributed by atoms with E-state index < -0.39 is 0 Å². The fourth-order valence-corrected chi connectivity index (χ4v) is 2.56. The minimum atomic E-state index is 0. The van der Waals surface area contributed by atoms with Crippen molar-refractivity contribution in [1.82, 2.24) is 4.90 Å². The minimum absolute atomic E-state index is 0. The molecule has 0 amide bonds. The number of methoxy groups -OCH3 is 1. The summed E-state index contributed by atoms with van der Waals surface area (Å²) in [4.78, 5) is 2.29. The van der Waals surface area contributed by atoms with Gasteiger partial charge in [0.05, 0.1) is 11.6 Å². The van der Waals surface area contributed by atoms with Crippen LogP contribution < -0.4 is 10.5 Å². The predicted molar refractivity (Wildman–Crippen MR) is 87.1 cm³/mol. The second-order valence-electron chi connectivity index (χ2n) is 5.51. The van der Waals surface area contributed by atoms with E-state index in [1.165, 1.54) is 5.56 Å². The van der Waals surface area contributed by atoms with Gasteiger partial charge in [-0.3, -0.25) is 0 Å². The molecular formula is C14H24BrClN2O. The van der Waals surface area contributed by atoms with E-state index >= 15 is 0 Å². The molecule has 0 spiro atoms. The van der Waals surface area contributed by atoms with Crippen molar-refractivity contribution < 1.29 is 4.74 Å². The van der Waals surface area contributed by atoms with Crippen LogP contribution in [0.2, 0.25) is 0 Å². The molecule has 0 heterocycles. The minimum Gasteiger partial charge on any atom is -0.496 e. The molecule has 0 aliphatic heterocycles.